The molecule has 1 aromatic heterocycles. The van der Waals surface area contributed by atoms with E-state index in [2.05, 4.69) is 5.32 Å². The number of esters is 2. The van der Waals surface area contributed by atoms with E-state index in [-0.39, 0.29) is 16.8 Å². The molecular weight excluding hydrogens is 474 g/mol. The summed E-state index contributed by atoms with van der Waals surface area (Å²) in [5, 5.41) is 3.80. The maximum absolute atomic E-state index is 13.6. The van der Waals surface area contributed by atoms with Crippen molar-refractivity contribution in [3.05, 3.63) is 67.8 Å². The number of methoxy groups -OCH3 is 2. The van der Waals surface area contributed by atoms with Crippen LogP contribution < -0.4 is 10.9 Å². The molecule has 0 bridgehead atoms. The van der Waals surface area contributed by atoms with Crippen LogP contribution in [0.3, 0.4) is 0 Å². The monoisotopic (exact) mass is 507 g/mol. The number of ketones is 1. The van der Waals surface area contributed by atoms with E-state index in [0.717, 1.165) is 5.70 Å². The zero-order chi connectivity index (χ0) is 27.4. The van der Waals surface area contributed by atoms with Gasteiger partial charge in [0, 0.05) is 40.3 Å². The zero-order valence-corrected chi connectivity index (χ0v) is 22.6. The Morgan fingerprint density at radius 1 is 1.03 bits per heavy atom. The average molecular weight is 508 g/mol. The first-order valence-electron chi connectivity index (χ1n) is 12.2. The Bertz CT molecular complexity index is 1460. The van der Waals surface area contributed by atoms with Crippen LogP contribution in [0.1, 0.15) is 81.8 Å². The maximum atomic E-state index is 13.6. The van der Waals surface area contributed by atoms with Gasteiger partial charge < -0.3 is 19.2 Å². The van der Waals surface area contributed by atoms with Gasteiger partial charge in [0.15, 0.2) is 5.78 Å². The lowest BCUT2D eigenvalue weighted by Gasteiger charge is -2.39. The topological polar surface area (TPSA) is 112 Å². The van der Waals surface area contributed by atoms with Crippen molar-refractivity contribution in [1.29, 1.82) is 0 Å². The summed E-state index contributed by atoms with van der Waals surface area (Å²) in [6.45, 7) is 11.8. The maximum Gasteiger partial charge on any atom is 0.351 e. The first-order chi connectivity index (χ1) is 17.2. The lowest BCUT2D eigenvalue weighted by atomic mass is 9.68. The minimum atomic E-state index is -0.805. The van der Waals surface area contributed by atoms with Crippen molar-refractivity contribution >= 4 is 28.7 Å². The van der Waals surface area contributed by atoms with Crippen molar-refractivity contribution in [2.24, 2.45) is 5.41 Å². The minimum Gasteiger partial charge on any atom is -0.466 e. The number of dihydropyridines is 1. The van der Waals surface area contributed by atoms with E-state index in [1.54, 1.807) is 13.0 Å². The molecule has 4 rings (SSSR count). The molecule has 8 heteroatoms. The van der Waals surface area contributed by atoms with E-state index in [4.69, 9.17) is 13.9 Å². The van der Waals surface area contributed by atoms with E-state index in [1.807, 2.05) is 40.7 Å². The summed E-state index contributed by atoms with van der Waals surface area (Å²) in [4.78, 5) is 51.5. The van der Waals surface area contributed by atoms with Crippen molar-refractivity contribution in [3.63, 3.8) is 0 Å². The number of benzene rings is 1. The van der Waals surface area contributed by atoms with Crippen LogP contribution in [-0.4, -0.2) is 31.9 Å². The number of Topliss-reactive ketones (excluding diaryl/α,β-unsaturated/α-hetero) is 1. The molecule has 1 aliphatic heterocycles. The van der Waals surface area contributed by atoms with Crippen molar-refractivity contribution in [2.75, 3.05) is 14.2 Å². The molecule has 8 nitrogen and oxygen atoms in total. The number of allylic oxidation sites excluding steroid dienone is 3. The number of hydrogen-bond acceptors (Lipinski definition) is 8. The predicted octanol–water partition coefficient (Wildman–Crippen LogP) is 4.65. The lowest BCUT2D eigenvalue weighted by molar-refractivity contribution is -0.136. The first-order valence-corrected chi connectivity index (χ1v) is 12.2. The largest absolute Gasteiger partial charge is 0.466 e. The smallest absolute Gasteiger partial charge is 0.351 e. The van der Waals surface area contributed by atoms with E-state index in [0.29, 0.717) is 51.8 Å². The highest BCUT2D eigenvalue weighted by atomic mass is 16.5. The Morgan fingerprint density at radius 3 is 2.27 bits per heavy atom. The van der Waals surface area contributed by atoms with E-state index in [9.17, 15) is 19.2 Å². The van der Waals surface area contributed by atoms with Crippen molar-refractivity contribution in [2.45, 2.75) is 65.7 Å². The standard InChI is InChI=1S/C29H33NO7/c1-14-21(27(34)36-8)22(23-19(30-14)12-29(5,6)13-20(23)31)15-9-16-10-17(25(32)35-7)26(33)37-24(16)18(11-15)28(2,3)4/h9-11,22,30H,12-13H2,1-8H3. The second kappa shape index (κ2) is 9.01. The molecule has 0 amide bonds. The van der Waals surface area contributed by atoms with Crippen LogP contribution in [0.4, 0.5) is 0 Å². The summed E-state index contributed by atoms with van der Waals surface area (Å²) in [6, 6.07) is 5.10. The van der Waals surface area contributed by atoms with Crippen LogP contribution in [0.25, 0.3) is 11.0 Å². The molecule has 2 aliphatic rings. The Kier molecular flexibility index (Phi) is 6.42. The van der Waals surface area contributed by atoms with E-state index in [1.165, 1.54) is 20.3 Å². The van der Waals surface area contributed by atoms with Crippen LogP contribution in [-0.2, 0) is 24.5 Å². The average Bonchev–Trinajstić information content (AvgIpc) is 2.79. The van der Waals surface area contributed by atoms with Gasteiger partial charge in [-0.3, -0.25) is 4.79 Å². The van der Waals surface area contributed by atoms with Crippen LogP contribution in [0.5, 0.6) is 0 Å². The fourth-order valence-electron chi connectivity index (χ4n) is 5.38. The summed E-state index contributed by atoms with van der Waals surface area (Å²) in [7, 11) is 2.51. The summed E-state index contributed by atoms with van der Waals surface area (Å²) in [5.74, 6) is -2.07. The molecule has 0 saturated carbocycles. The molecule has 196 valence electrons. The number of rotatable bonds is 3. The van der Waals surface area contributed by atoms with Crippen LogP contribution >= 0.6 is 0 Å². The van der Waals surface area contributed by atoms with Crippen molar-refractivity contribution in [3.8, 4) is 0 Å². The van der Waals surface area contributed by atoms with Crippen LogP contribution in [0.2, 0.25) is 0 Å². The quantitative estimate of drug-likeness (QED) is 0.472. The summed E-state index contributed by atoms with van der Waals surface area (Å²) >= 11 is 0. The Hall–Kier alpha value is -3.68. The van der Waals surface area contributed by atoms with Gasteiger partial charge in [0.05, 0.1) is 19.8 Å². The Labute approximate surface area is 215 Å². The second-order valence-corrected chi connectivity index (χ2v) is 11.6. The van der Waals surface area contributed by atoms with Gasteiger partial charge in [0.2, 0.25) is 0 Å². The summed E-state index contributed by atoms with van der Waals surface area (Å²) in [5.41, 5.74) is 2.30. The molecule has 2 aromatic rings. The number of fused-ring (bicyclic) bond motifs is 1. The third-order valence-electron chi connectivity index (χ3n) is 7.05. The lowest BCUT2D eigenvalue weighted by Crippen LogP contribution is -2.38. The van der Waals surface area contributed by atoms with Gasteiger partial charge in [0.1, 0.15) is 11.1 Å². The third kappa shape index (κ3) is 4.61. The molecule has 1 N–H and O–H groups in total. The van der Waals surface area contributed by atoms with Gasteiger partial charge in [-0.05, 0) is 41.9 Å². The fourth-order valence-corrected chi connectivity index (χ4v) is 5.38. The number of hydrogen-bond donors (Lipinski definition) is 1. The van der Waals surface area contributed by atoms with Gasteiger partial charge in [-0.15, -0.1) is 0 Å². The summed E-state index contributed by atoms with van der Waals surface area (Å²) in [6.07, 6.45) is 0.996. The van der Waals surface area contributed by atoms with Gasteiger partial charge in [-0.2, -0.15) is 0 Å². The van der Waals surface area contributed by atoms with Crippen LogP contribution in [0, 0.1) is 5.41 Å². The fraction of sp³-hybridized carbons (Fsp3) is 0.448. The van der Waals surface area contributed by atoms with E-state index >= 15 is 0 Å². The number of ether oxygens (including phenoxy) is 2. The summed E-state index contributed by atoms with van der Waals surface area (Å²) < 4.78 is 15.5. The van der Waals surface area contributed by atoms with E-state index < -0.39 is 28.9 Å². The highest BCUT2D eigenvalue weighted by Gasteiger charge is 2.43. The Morgan fingerprint density at radius 2 is 1.68 bits per heavy atom. The molecule has 0 radical (unpaired) electrons. The molecule has 2 heterocycles. The molecule has 1 atom stereocenters. The van der Waals surface area contributed by atoms with Gasteiger partial charge in [-0.25, -0.2) is 14.4 Å². The van der Waals surface area contributed by atoms with Gasteiger partial charge in [0.25, 0.3) is 0 Å². The third-order valence-corrected chi connectivity index (χ3v) is 7.05. The molecule has 1 aliphatic carbocycles. The molecular formula is C29H33NO7. The number of carbonyl (C=O) groups excluding carboxylic acids is 3. The molecule has 0 fully saturated rings. The highest BCUT2D eigenvalue weighted by Crippen LogP contribution is 2.48. The molecule has 37 heavy (non-hydrogen) atoms. The molecule has 1 aromatic carbocycles. The zero-order valence-electron chi connectivity index (χ0n) is 22.6. The molecule has 0 spiro atoms. The molecule has 0 saturated heterocycles. The SMILES string of the molecule is COC(=O)C1=C(C)NC2=C(C(=O)CC(C)(C)C2)C1c1cc(C(C)(C)C)c2oc(=O)c(C(=O)OC)cc2c1. The Balaban J connectivity index is 2.08. The number of nitrogens with one attached hydrogen (secondary N) is 1. The first kappa shape index (κ1) is 26.4. The normalized spacial score (nSPS) is 19.5. The van der Waals surface area contributed by atoms with Gasteiger partial charge >= 0.3 is 17.6 Å². The number of carbonyl (C=O) groups is 3. The van der Waals surface area contributed by atoms with Crippen molar-refractivity contribution < 1.29 is 28.3 Å². The minimum absolute atomic E-state index is 0.0371. The second-order valence-electron chi connectivity index (χ2n) is 11.6. The van der Waals surface area contributed by atoms with Gasteiger partial charge in [-0.1, -0.05) is 40.7 Å². The highest BCUT2D eigenvalue weighted by molar-refractivity contribution is 6.04. The molecule has 1 unspecified atom stereocenters. The predicted molar refractivity (Wildman–Crippen MR) is 138 cm³/mol. The van der Waals surface area contributed by atoms with Crippen LogP contribution in [0.15, 0.2) is 50.0 Å². The van der Waals surface area contributed by atoms with Crippen molar-refractivity contribution in [1.82, 2.24) is 5.32 Å².